The lowest BCUT2D eigenvalue weighted by molar-refractivity contribution is 0.111. The van der Waals surface area contributed by atoms with Gasteiger partial charge in [0.2, 0.25) is 0 Å². The van der Waals surface area contributed by atoms with Crippen LogP contribution in [0.15, 0.2) is 12.5 Å². The van der Waals surface area contributed by atoms with Crippen molar-refractivity contribution in [1.29, 1.82) is 0 Å². The van der Waals surface area contributed by atoms with E-state index in [2.05, 4.69) is 4.98 Å². The van der Waals surface area contributed by atoms with Crippen LogP contribution in [0, 0.1) is 5.92 Å². The van der Waals surface area contributed by atoms with E-state index in [9.17, 15) is 4.79 Å². The van der Waals surface area contributed by atoms with Crippen LogP contribution in [0.5, 0.6) is 0 Å². The Kier molecular flexibility index (Phi) is 2.43. The number of nitrogens with zero attached hydrogens (tertiary/aromatic N) is 2. The van der Waals surface area contributed by atoms with Gasteiger partial charge in [-0.2, -0.15) is 0 Å². The van der Waals surface area contributed by atoms with Crippen molar-refractivity contribution >= 4 is 6.29 Å². The lowest BCUT2D eigenvalue weighted by Gasteiger charge is -2.08. The summed E-state index contributed by atoms with van der Waals surface area (Å²) in [5, 5.41) is 0. The van der Waals surface area contributed by atoms with Gasteiger partial charge in [-0.15, -0.1) is 0 Å². The molecule has 0 saturated heterocycles. The van der Waals surface area contributed by atoms with Crippen LogP contribution in [-0.2, 0) is 6.54 Å². The quantitative estimate of drug-likeness (QED) is 0.662. The molecule has 1 fully saturated rings. The maximum Gasteiger partial charge on any atom is 0.169 e. The van der Waals surface area contributed by atoms with Crippen molar-refractivity contribution in [2.75, 3.05) is 0 Å². The number of carbonyl (C=O) groups excluding carboxylic acids is 1. The molecular weight excluding hydrogens is 164 g/mol. The van der Waals surface area contributed by atoms with Gasteiger partial charge in [0.1, 0.15) is 5.69 Å². The minimum absolute atomic E-state index is 0.540. The molecule has 1 aliphatic rings. The largest absolute Gasteiger partial charge is 0.336 e. The molecule has 0 aromatic carbocycles. The van der Waals surface area contributed by atoms with Gasteiger partial charge < -0.3 is 4.57 Å². The van der Waals surface area contributed by atoms with Crippen LogP contribution in [0.4, 0.5) is 0 Å². The molecule has 13 heavy (non-hydrogen) atoms. The number of hydrogen-bond donors (Lipinski definition) is 0. The molecule has 0 atom stereocenters. The Labute approximate surface area is 77.8 Å². The molecule has 0 amide bonds. The fraction of sp³-hybridized carbons (Fsp3) is 0.600. The van der Waals surface area contributed by atoms with E-state index in [1.807, 2.05) is 10.8 Å². The molecule has 1 aromatic heterocycles. The van der Waals surface area contributed by atoms with Gasteiger partial charge in [-0.3, -0.25) is 4.79 Å². The predicted octanol–water partition coefficient (Wildman–Crippen LogP) is 1.89. The van der Waals surface area contributed by atoms with Crippen molar-refractivity contribution in [2.45, 2.75) is 32.2 Å². The van der Waals surface area contributed by atoms with E-state index in [4.69, 9.17) is 0 Å². The van der Waals surface area contributed by atoms with Gasteiger partial charge in [0.05, 0.1) is 6.33 Å². The van der Waals surface area contributed by atoms with Crippen molar-refractivity contribution in [3.63, 3.8) is 0 Å². The Morgan fingerprint density at radius 3 is 2.92 bits per heavy atom. The lowest BCUT2D eigenvalue weighted by atomic mass is 10.1. The summed E-state index contributed by atoms with van der Waals surface area (Å²) in [6.07, 6.45) is 9.75. The highest BCUT2D eigenvalue weighted by molar-refractivity contribution is 5.70. The van der Waals surface area contributed by atoms with Crippen LogP contribution < -0.4 is 0 Å². The molecule has 0 aliphatic heterocycles. The highest BCUT2D eigenvalue weighted by Gasteiger charge is 2.15. The number of aldehydes is 1. The van der Waals surface area contributed by atoms with Gasteiger partial charge in [0, 0.05) is 12.7 Å². The molecule has 0 spiro atoms. The second kappa shape index (κ2) is 3.73. The number of carbonyl (C=O) groups is 1. The topological polar surface area (TPSA) is 34.9 Å². The average Bonchev–Trinajstić information content (AvgIpc) is 2.76. The standard InChI is InChI=1S/C10H14N2O/c13-7-10-6-12(8-11-10)5-9-3-1-2-4-9/h6-9H,1-5H2. The second-order valence-electron chi connectivity index (χ2n) is 3.76. The summed E-state index contributed by atoms with van der Waals surface area (Å²) >= 11 is 0. The van der Waals surface area contributed by atoms with E-state index in [-0.39, 0.29) is 0 Å². The second-order valence-corrected chi connectivity index (χ2v) is 3.76. The maximum atomic E-state index is 10.4. The summed E-state index contributed by atoms with van der Waals surface area (Å²) in [7, 11) is 0. The zero-order valence-corrected chi connectivity index (χ0v) is 7.65. The molecule has 3 heteroatoms. The monoisotopic (exact) mass is 178 g/mol. The molecule has 0 bridgehead atoms. The minimum atomic E-state index is 0.540. The lowest BCUT2D eigenvalue weighted by Crippen LogP contribution is -2.04. The zero-order chi connectivity index (χ0) is 9.10. The van der Waals surface area contributed by atoms with E-state index < -0.39 is 0 Å². The number of imidazole rings is 1. The third-order valence-electron chi connectivity index (χ3n) is 2.72. The molecule has 0 N–H and O–H groups in total. The summed E-state index contributed by atoms with van der Waals surface area (Å²) < 4.78 is 2.03. The highest BCUT2D eigenvalue weighted by Crippen LogP contribution is 2.25. The predicted molar refractivity (Wildman–Crippen MR) is 49.6 cm³/mol. The Hall–Kier alpha value is -1.12. The summed E-state index contributed by atoms with van der Waals surface area (Å²) in [5.74, 6) is 0.800. The SMILES string of the molecule is O=Cc1cn(CC2CCCC2)cn1. The molecule has 0 unspecified atom stereocenters. The first-order valence-corrected chi connectivity index (χ1v) is 4.85. The summed E-state index contributed by atoms with van der Waals surface area (Å²) in [5.41, 5.74) is 0.540. The molecule has 1 aliphatic carbocycles. The first-order chi connectivity index (χ1) is 6.38. The van der Waals surface area contributed by atoms with E-state index in [0.717, 1.165) is 18.7 Å². The molecule has 3 nitrogen and oxygen atoms in total. The fourth-order valence-corrected chi connectivity index (χ4v) is 2.03. The van der Waals surface area contributed by atoms with Crippen LogP contribution in [0.1, 0.15) is 36.2 Å². The van der Waals surface area contributed by atoms with Gasteiger partial charge in [0.15, 0.2) is 6.29 Å². The van der Waals surface area contributed by atoms with Crippen LogP contribution in [0.3, 0.4) is 0 Å². The smallest absolute Gasteiger partial charge is 0.169 e. The Morgan fingerprint density at radius 2 is 2.31 bits per heavy atom. The number of hydrogen-bond acceptors (Lipinski definition) is 2. The molecule has 1 saturated carbocycles. The van der Waals surface area contributed by atoms with Crippen molar-refractivity contribution in [1.82, 2.24) is 9.55 Å². The fourth-order valence-electron chi connectivity index (χ4n) is 2.03. The van der Waals surface area contributed by atoms with Crippen LogP contribution in [0.25, 0.3) is 0 Å². The van der Waals surface area contributed by atoms with Crippen molar-refractivity contribution < 1.29 is 4.79 Å². The summed E-state index contributed by atoms with van der Waals surface area (Å²) in [4.78, 5) is 14.4. The van der Waals surface area contributed by atoms with Gasteiger partial charge in [-0.05, 0) is 18.8 Å². The van der Waals surface area contributed by atoms with E-state index in [0.29, 0.717) is 5.69 Å². The molecular formula is C10H14N2O. The van der Waals surface area contributed by atoms with Crippen molar-refractivity contribution in [3.8, 4) is 0 Å². The molecule has 1 aromatic rings. The van der Waals surface area contributed by atoms with Crippen LogP contribution >= 0.6 is 0 Å². The van der Waals surface area contributed by atoms with Crippen molar-refractivity contribution in [2.24, 2.45) is 5.92 Å². The third kappa shape index (κ3) is 1.97. The van der Waals surface area contributed by atoms with Crippen LogP contribution in [0.2, 0.25) is 0 Å². The molecule has 0 radical (unpaired) electrons. The Balaban J connectivity index is 1.96. The number of rotatable bonds is 3. The zero-order valence-electron chi connectivity index (χ0n) is 7.65. The summed E-state index contributed by atoms with van der Waals surface area (Å²) in [6, 6.07) is 0. The van der Waals surface area contributed by atoms with Gasteiger partial charge in [-0.1, -0.05) is 12.8 Å². The molecule has 70 valence electrons. The van der Waals surface area contributed by atoms with Gasteiger partial charge in [0.25, 0.3) is 0 Å². The maximum absolute atomic E-state index is 10.4. The van der Waals surface area contributed by atoms with Crippen molar-refractivity contribution in [3.05, 3.63) is 18.2 Å². The number of aromatic nitrogens is 2. The first-order valence-electron chi connectivity index (χ1n) is 4.85. The Morgan fingerprint density at radius 1 is 1.54 bits per heavy atom. The normalized spacial score (nSPS) is 17.8. The van der Waals surface area contributed by atoms with E-state index in [1.165, 1.54) is 25.7 Å². The van der Waals surface area contributed by atoms with Gasteiger partial charge in [-0.25, -0.2) is 4.98 Å². The van der Waals surface area contributed by atoms with Gasteiger partial charge >= 0.3 is 0 Å². The molecule has 1 heterocycles. The van der Waals surface area contributed by atoms with Crippen LogP contribution in [-0.4, -0.2) is 15.8 Å². The Bertz CT molecular complexity index is 287. The molecule has 2 rings (SSSR count). The third-order valence-corrected chi connectivity index (χ3v) is 2.72. The van der Waals surface area contributed by atoms with E-state index in [1.54, 1.807) is 6.33 Å². The first kappa shape index (κ1) is 8.48. The average molecular weight is 178 g/mol. The minimum Gasteiger partial charge on any atom is -0.336 e. The van der Waals surface area contributed by atoms with E-state index >= 15 is 0 Å². The highest BCUT2D eigenvalue weighted by atomic mass is 16.1. The summed E-state index contributed by atoms with van der Waals surface area (Å²) in [6.45, 7) is 1.03.